The Hall–Kier alpha value is -2.59. The van der Waals surface area contributed by atoms with Crippen LogP contribution in [0.1, 0.15) is 5.56 Å². The predicted molar refractivity (Wildman–Crippen MR) is 97.8 cm³/mol. The summed E-state index contributed by atoms with van der Waals surface area (Å²) >= 11 is 1.44. The number of aromatic nitrogens is 4. The van der Waals surface area contributed by atoms with Crippen molar-refractivity contribution in [2.45, 2.75) is 23.8 Å². The van der Waals surface area contributed by atoms with Crippen LogP contribution in [0.3, 0.4) is 0 Å². The van der Waals surface area contributed by atoms with Crippen LogP contribution in [0.5, 0.6) is 5.75 Å². The fourth-order valence-corrected chi connectivity index (χ4v) is 3.35. The number of hydrogen-bond donors (Lipinski definition) is 0. The molecule has 0 atom stereocenters. The van der Waals surface area contributed by atoms with Crippen molar-refractivity contribution in [1.29, 1.82) is 0 Å². The molecule has 0 fully saturated rings. The molecular formula is C18H17F3N4O2S. The highest BCUT2D eigenvalue weighted by Gasteiger charge is 2.30. The van der Waals surface area contributed by atoms with Gasteiger partial charge in [0.2, 0.25) is 0 Å². The summed E-state index contributed by atoms with van der Waals surface area (Å²) in [5, 5.41) is 9.22. The van der Waals surface area contributed by atoms with Crippen LogP contribution < -0.4 is 4.74 Å². The minimum atomic E-state index is -4.70. The molecule has 0 bridgehead atoms. The van der Waals surface area contributed by atoms with Crippen LogP contribution in [0.15, 0.2) is 53.9 Å². The molecule has 0 aliphatic carbocycles. The highest BCUT2D eigenvalue weighted by molar-refractivity contribution is 7.98. The van der Waals surface area contributed by atoms with Gasteiger partial charge in [-0.05, 0) is 29.8 Å². The van der Waals surface area contributed by atoms with E-state index < -0.39 is 6.36 Å². The minimum absolute atomic E-state index is 0.246. The standard InChI is InChI=1S/C18H17F3N4O2S/c1-26-11-10-25-16(14-6-8-22-9-7-14)23-24-17(25)28-12-13-2-4-15(5-3-13)27-18(19,20)21/h2-9H,10-12H2,1H3. The normalized spacial score (nSPS) is 11.6. The molecule has 3 rings (SSSR count). The first-order valence-corrected chi connectivity index (χ1v) is 9.25. The summed E-state index contributed by atoms with van der Waals surface area (Å²) in [6.45, 7) is 1.06. The fraction of sp³-hybridized carbons (Fsp3) is 0.278. The maximum atomic E-state index is 12.2. The number of ether oxygens (including phenoxy) is 2. The largest absolute Gasteiger partial charge is 0.573 e. The smallest absolute Gasteiger partial charge is 0.406 e. The van der Waals surface area contributed by atoms with Crippen molar-refractivity contribution in [1.82, 2.24) is 19.7 Å². The highest BCUT2D eigenvalue weighted by atomic mass is 32.2. The Balaban J connectivity index is 1.72. The number of nitrogens with zero attached hydrogens (tertiary/aromatic N) is 4. The van der Waals surface area contributed by atoms with E-state index in [2.05, 4.69) is 19.9 Å². The Morgan fingerprint density at radius 3 is 2.39 bits per heavy atom. The third-order valence-electron chi connectivity index (χ3n) is 3.70. The molecule has 0 unspecified atom stereocenters. The molecule has 0 amide bonds. The SMILES string of the molecule is COCCn1c(SCc2ccc(OC(F)(F)F)cc2)nnc1-c1ccncc1. The van der Waals surface area contributed by atoms with Gasteiger partial charge in [0.05, 0.1) is 13.2 Å². The highest BCUT2D eigenvalue weighted by Crippen LogP contribution is 2.28. The van der Waals surface area contributed by atoms with Gasteiger partial charge in [-0.25, -0.2) is 0 Å². The quantitative estimate of drug-likeness (QED) is 0.520. The van der Waals surface area contributed by atoms with Gasteiger partial charge in [-0.2, -0.15) is 0 Å². The summed E-state index contributed by atoms with van der Waals surface area (Å²) in [5.74, 6) is 0.980. The monoisotopic (exact) mass is 410 g/mol. The lowest BCUT2D eigenvalue weighted by Gasteiger charge is -2.10. The number of pyridine rings is 1. The van der Waals surface area contributed by atoms with E-state index in [9.17, 15) is 13.2 Å². The zero-order chi connectivity index (χ0) is 20.0. The third-order valence-corrected chi connectivity index (χ3v) is 4.74. The van der Waals surface area contributed by atoms with E-state index in [0.717, 1.165) is 11.1 Å². The summed E-state index contributed by atoms with van der Waals surface area (Å²) in [5.41, 5.74) is 1.73. The van der Waals surface area contributed by atoms with Crippen LogP contribution in [0.4, 0.5) is 13.2 Å². The van der Waals surface area contributed by atoms with E-state index in [1.54, 1.807) is 31.6 Å². The van der Waals surface area contributed by atoms with Gasteiger partial charge < -0.3 is 9.47 Å². The van der Waals surface area contributed by atoms with Crippen LogP contribution in [-0.4, -0.2) is 39.8 Å². The molecule has 1 aromatic carbocycles. The van der Waals surface area contributed by atoms with Crippen molar-refractivity contribution in [3.63, 3.8) is 0 Å². The van der Waals surface area contributed by atoms with Crippen LogP contribution in [-0.2, 0) is 17.0 Å². The first-order chi connectivity index (χ1) is 13.5. The lowest BCUT2D eigenvalue weighted by molar-refractivity contribution is -0.274. The van der Waals surface area contributed by atoms with Gasteiger partial charge in [0.25, 0.3) is 0 Å². The average Bonchev–Trinajstić information content (AvgIpc) is 3.08. The second kappa shape index (κ2) is 9.07. The number of halogens is 3. The summed E-state index contributed by atoms with van der Waals surface area (Å²) < 4.78 is 47.7. The first kappa shape index (κ1) is 20.2. The minimum Gasteiger partial charge on any atom is -0.406 e. The van der Waals surface area contributed by atoms with Crippen molar-refractivity contribution in [2.75, 3.05) is 13.7 Å². The number of rotatable bonds is 8. The molecule has 2 aromatic heterocycles. The van der Waals surface area contributed by atoms with Crippen molar-refractivity contribution in [3.05, 3.63) is 54.4 Å². The molecule has 0 saturated heterocycles. The molecule has 6 nitrogen and oxygen atoms in total. The van der Waals surface area contributed by atoms with Gasteiger partial charge in [0.1, 0.15) is 5.75 Å². The molecule has 0 aliphatic rings. The molecule has 0 aliphatic heterocycles. The lowest BCUT2D eigenvalue weighted by Crippen LogP contribution is -2.16. The third kappa shape index (κ3) is 5.46. The van der Waals surface area contributed by atoms with Crippen LogP contribution in [0.25, 0.3) is 11.4 Å². The number of thioether (sulfide) groups is 1. The average molecular weight is 410 g/mol. The van der Waals surface area contributed by atoms with Crippen LogP contribution in [0, 0.1) is 0 Å². The lowest BCUT2D eigenvalue weighted by atomic mass is 10.2. The number of hydrogen-bond acceptors (Lipinski definition) is 6. The van der Waals surface area contributed by atoms with Gasteiger partial charge in [-0.15, -0.1) is 23.4 Å². The van der Waals surface area contributed by atoms with Crippen molar-refractivity contribution >= 4 is 11.8 Å². The van der Waals surface area contributed by atoms with Gasteiger partial charge in [0.15, 0.2) is 11.0 Å². The van der Waals surface area contributed by atoms with Gasteiger partial charge >= 0.3 is 6.36 Å². The Morgan fingerprint density at radius 2 is 1.75 bits per heavy atom. The van der Waals surface area contributed by atoms with Crippen LogP contribution in [0.2, 0.25) is 0 Å². The fourth-order valence-electron chi connectivity index (χ4n) is 2.43. The first-order valence-electron chi connectivity index (χ1n) is 8.26. The number of alkyl halides is 3. The van der Waals surface area contributed by atoms with E-state index in [1.165, 1.54) is 23.9 Å². The van der Waals surface area contributed by atoms with Crippen molar-refractivity contribution < 1.29 is 22.6 Å². The van der Waals surface area contributed by atoms with E-state index in [1.807, 2.05) is 16.7 Å². The molecule has 0 saturated carbocycles. The zero-order valence-electron chi connectivity index (χ0n) is 14.9. The number of methoxy groups -OCH3 is 1. The molecular weight excluding hydrogens is 393 g/mol. The van der Waals surface area contributed by atoms with Gasteiger partial charge in [-0.1, -0.05) is 23.9 Å². The number of benzene rings is 1. The summed E-state index contributed by atoms with van der Waals surface area (Å²) in [6.07, 6.45) is -1.33. The molecule has 0 radical (unpaired) electrons. The van der Waals surface area contributed by atoms with Crippen LogP contribution >= 0.6 is 11.8 Å². The van der Waals surface area contributed by atoms with E-state index in [0.29, 0.717) is 29.9 Å². The van der Waals surface area contributed by atoms with Crippen molar-refractivity contribution in [2.24, 2.45) is 0 Å². The molecule has 10 heteroatoms. The second-order valence-corrected chi connectivity index (χ2v) is 6.61. The molecule has 2 heterocycles. The Morgan fingerprint density at radius 1 is 1.04 bits per heavy atom. The van der Waals surface area contributed by atoms with Gasteiger partial charge in [0, 0.05) is 30.8 Å². The van der Waals surface area contributed by atoms with E-state index in [4.69, 9.17) is 4.74 Å². The zero-order valence-corrected chi connectivity index (χ0v) is 15.7. The Kier molecular flexibility index (Phi) is 6.53. The van der Waals surface area contributed by atoms with E-state index >= 15 is 0 Å². The molecule has 28 heavy (non-hydrogen) atoms. The molecule has 3 aromatic rings. The summed E-state index contributed by atoms with van der Waals surface area (Å²) in [6, 6.07) is 9.46. The Labute approximate surface area is 163 Å². The second-order valence-electron chi connectivity index (χ2n) is 5.67. The maximum Gasteiger partial charge on any atom is 0.573 e. The molecule has 148 valence electrons. The maximum absolute atomic E-state index is 12.2. The van der Waals surface area contributed by atoms with Gasteiger partial charge in [-0.3, -0.25) is 9.55 Å². The summed E-state index contributed by atoms with van der Waals surface area (Å²) in [4.78, 5) is 4.01. The molecule has 0 spiro atoms. The van der Waals surface area contributed by atoms with Crippen molar-refractivity contribution in [3.8, 4) is 17.1 Å². The molecule has 0 N–H and O–H groups in total. The van der Waals surface area contributed by atoms with E-state index in [-0.39, 0.29) is 5.75 Å². The topological polar surface area (TPSA) is 62.1 Å². The predicted octanol–water partition coefficient (Wildman–Crippen LogP) is 4.18. The Bertz CT molecular complexity index is 886. The summed E-state index contributed by atoms with van der Waals surface area (Å²) in [7, 11) is 1.62.